The van der Waals surface area contributed by atoms with E-state index in [9.17, 15) is 9.18 Å². The zero-order valence-corrected chi connectivity index (χ0v) is 9.44. The minimum atomic E-state index is -0.287. The van der Waals surface area contributed by atoms with Gasteiger partial charge in [0.05, 0.1) is 5.69 Å². The van der Waals surface area contributed by atoms with Gasteiger partial charge in [0.15, 0.2) is 6.61 Å². The molecule has 3 nitrogen and oxygen atoms in total. The van der Waals surface area contributed by atoms with Gasteiger partial charge in [-0.05, 0) is 35.4 Å². The number of halogens is 1. The Balaban J connectivity index is 2.04. The van der Waals surface area contributed by atoms with E-state index >= 15 is 0 Å². The molecule has 3 rings (SSSR count). The van der Waals surface area contributed by atoms with E-state index in [4.69, 9.17) is 4.74 Å². The molecule has 1 aliphatic rings. The summed E-state index contributed by atoms with van der Waals surface area (Å²) in [5, 5.41) is 2.73. The molecule has 18 heavy (non-hydrogen) atoms. The van der Waals surface area contributed by atoms with Crippen LogP contribution < -0.4 is 10.1 Å². The highest BCUT2D eigenvalue weighted by atomic mass is 19.1. The Hall–Kier alpha value is -2.36. The quantitative estimate of drug-likeness (QED) is 0.836. The lowest BCUT2D eigenvalue weighted by Gasteiger charge is -2.18. The molecular weight excluding hydrogens is 233 g/mol. The van der Waals surface area contributed by atoms with Crippen molar-refractivity contribution in [3.63, 3.8) is 0 Å². The van der Waals surface area contributed by atoms with E-state index in [0.29, 0.717) is 11.4 Å². The van der Waals surface area contributed by atoms with Crippen LogP contribution in [0.2, 0.25) is 0 Å². The van der Waals surface area contributed by atoms with E-state index in [1.165, 1.54) is 12.1 Å². The zero-order valence-electron chi connectivity index (χ0n) is 9.44. The van der Waals surface area contributed by atoms with Gasteiger partial charge in [-0.15, -0.1) is 0 Å². The number of nitrogens with one attached hydrogen (secondary N) is 1. The summed E-state index contributed by atoms with van der Waals surface area (Å²) in [7, 11) is 0. The van der Waals surface area contributed by atoms with Gasteiger partial charge in [-0.2, -0.15) is 0 Å². The smallest absolute Gasteiger partial charge is 0.262 e. The second kappa shape index (κ2) is 4.14. The van der Waals surface area contributed by atoms with Gasteiger partial charge in [0.25, 0.3) is 5.91 Å². The van der Waals surface area contributed by atoms with Crippen LogP contribution in [0.15, 0.2) is 42.5 Å². The summed E-state index contributed by atoms with van der Waals surface area (Å²) >= 11 is 0. The summed E-state index contributed by atoms with van der Waals surface area (Å²) < 4.78 is 18.4. The molecule has 0 spiro atoms. The monoisotopic (exact) mass is 243 g/mol. The predicted molar refractivity (Wildman–Crippen MR) is 66.0 cm³/mol. The number of anilines is 1. The second-order valence-corrected chi connectivity index (χ2v) is 4.06. The van der Waals surface area contributed by atoms with Crippen molar-refractivity contribution in [2.45, 2.75) is 0 Å². The highest BCUT2D eigenvalue weighted by Crippen LogP contribution is 2.32. The van der Waals surface area contributed by atoms with Gasteiger partial charge in [0, 0.05) is 0 Å². The molecule has 1 N–H and O–H groups in total. The maximum atomic E-state index is 13.2. The Morgan fingerprint density at radius 3 is 2.78 bits per heavy atom. The first-order valence-electron chi connectivity index (χ1n) is 5.55. The minimum Gasteiger partial charge on any atom is -0.482 e. The molecule has 2 aromatic carbocycles. The van der Waals surface area contributed by atoms with E-state index in [2.05, 4.69) is 5.32 Å². The molecule has 90 valence electrons. The summed E-state index contributed by atoms with van der Waals surface area (Å²) in [6.07, 6.45) is 0. The van der Waals surface area contributed by atoms with Crippen LogP contribution in [0.5, 0.6) is 5.75 Å². The summed E-state index contributed by atoms with van der Waals surface area (Å²) in [6.45, 7) is 0.0340. The highest BCUT2D eigenvalue weighted by molar-refractivity contribution is 5.96. The molecule has 1 amide bonds. The maximum absolute atomic E-state index is 13.2. The molecule has 4 heteroatoms. The lowest BCUT2D eigenvalue weighted by atomic mass is 10.0. The van der Waals surface area contributed by atoms with Crippen molar-refractivity contribution in [1.82, 2.24) is 0 Å². The lowest BCUT2D eigenvalue weighted by molar-refractivity contribution is -0.118. The Kier molecular flexibility index (Phi) is 2.48. The first-order chi connectivity index (χ1) is 8.72. The standard InChI is InChI=1S/C14H10FNO2/c15-11-3-1-2-9(6-11)10-4-5-13-12(7-10)16-14(17)8-18-13/h1-7H,8H2,(H,16,17). The number of benzene rings is 2. The van der Waals surface area contributed by atoms with E-state index in [1.807, 2.05) is 12.1 Å². The van der Waals surface area contributed by atoms with Crippen LogP contribution in [0.4, 0.5) is 10.1 Å². The van der Waals surface area contributed by atoms with E-state index in [-0.39, 0.29) is 18.3 Å². The molecule has 0 saturated carbocycles. The summed E-state index contributed by atoms with van der Waals surface area (Å²) in [5.74, 6) is 0.166. The normalized spacial score (nSPS) is 13.5. The SMILES string of the molecule is O=C1COc2ccc(-c3cccc(F)c3)cc2N1. The molecule has 0 atom stereocenters. The molecular formula is C14H10FNO2. The third-order valence-electron chi connectivity index (χ3n) is 2.77. The lowest BCUT2D eigenvalue weighted by Crippen LogP contribution is -2.25. The van der Waals surface area contributed by atoms with Crippen molar-refractivity contribution in [3.8, 4) is 16.9 Å². The van der Waals surface area contributed by atoms with Crippen molar-refractivity contribution in [2.75, 3.05) is 11.9 Å². The molecule has 0 fully saturated rings. The minimum absolute atomic E-state index is 0.0340. The Labute approximate surface area is 103 Å². The van der Waals surface area contributed by atoms with Crippen molar-refractivity contribution in [2.24, 2.45) is 0 Å². The Bertz CT molecular complexity index is 625. The molecule has 0 bridgehead atoms. The van der Waals surface area contributed by atoms with Crippen molar-refractivity contribution >= 4 is 11.6 Å². The zero-order chi connectivity index (χ0) is 12.5. The van der Waals surface area contributed by atoms with E-state index in [1.54, 1.807) is 18.2 Å². The predicted octanol–water partition coefficient (Wildman–Crippen LogP) is 2.82. The van der Waals surface area contributed by atoms with Crippen LogP contribution in [0.25, 0.3) is 11.1 Å². The van der Waals surface area contributed by atoms with Crippen LogP contribution in [0.1, 0.15) is 0 Å². The third-order valence-corrected chi connectivity index (χ3v) is 2.77. The van der Waals surface area contributed by atoms with E-state index in [0.717, 1.165) is 11.1 Å². The molecule has 0 unspecified atom stereocenters. The third kappa shape index (κ3) is 1.93. The number of rotatable bonds is 1. The van der Waals surface area contributed by atoms with Crippen molar-refractivity contribution in [3.05, 3.63) is 48.3 Å². The average molecular weight is 243 g/mol. The largest absolute Gasteiger partial charge is 0.482 e. The second-order valence-electron chi connectivity index (χ2n) is 4.06. The first-order valence-corrected chi connectivity index (χ1v) is 5.55. The van der Waals surface area contributed by atoms with Crippen LogP contribution in [0, 0.1) is 5.82 Å². The van der Waals surface area contributed by atoms with Crippen molar-refractivity contribution < 1.29 is 13.9 Å². The summed E-state index contributed by atoms with van der Waals surface area (Å²) in [6, 6.07) is 11.7. The Morgan fingerprint density at radius 2 is 1.94 bits per heavy atom. The van der Waals surface area contributed by atoms with E-state index < -0.39 is 0 Å². The van der Waals surface area contributed by atoms with Gasteiger partial charge in [0.1, 0.15) is 11.6 Å². The van der Waals surface area contributed by atoms with Gasteiger partial charge < -0.3 is 10.1 Å². The Morgan fingerprint density at radius 1 is 1.11 bits per heavy atom. The van der Waals surface area contributed by atoms with Crippen LogP contribution >= 0.6 is 0 Å². The topological polar surface area (TPSA) is 38.3 Å². The number of hydrogen-bond donors (Lipinski definition) is 1. The van der Waals surface area contributed by atoms with Gasteiger partial charge in [-0.1, -0.05) is 18.2 Å². The average Bonchev–Trinajstić information content (AvgIpc) is 2.38. The highest BCUT2D eigenvalue weighted by Gasteiger charge is 2.16. The number of carbonyl (C=O) groups is 1. The first kappa shape index (κ1) is 10.8. The van der Waals surface area contributed by atoms with Gasteiger partial charge >= 0.3 is 0 Å². The fraction of sp³-hybridized carbons (Fsp3) is 0.0714. The van der Waals surface area contributed by atoms with Gasteiger partial charge in [-0.3, -0.25) is 4.79 Å². The summed E-state index contributed by atoms with van der Waals surface area (Å²) in [5.41, 5.74) is 2.21. The molecule has 0 radical (unpaired) electrons. The number of ether oxygens (including phenoxy) is 1. The van der Waals surface area contributed by atoms with Gasteiger partial charge in [-0.25, -0.2) is 4.39 Å². The fourth-order valence-electron chi connectivity index (χ4n) is 1.93. The maximum Gasteiger partial charge on any atom is 0.262 e. The number of fused-ring (bicyclic) bond motifs is 1. The number of amides is 1. The molecule has 1 heterocycles. The molecule has 0 saturated heterocycles. The molecule has 2 aromatic rings. The van der Waals surface area contributed by atoms with Crippen LogP contribution in [-0.2, 0) is 4.79 Å². The van der Waals surface area contributed by atoms with Crippen LogP contribution in [-0.4, -0.2) is 12.5 Å². The van der Waals surface area contributed by atoms with Crippen LogP contribution in [0.3, 0.4) is 0 Å². The number of carbonyl (C=O) groups excluding carboxylic acids is 1. The summed E-state index contributed by atoms with van der Waals surface area (Å²) in [4.78, 5) is 11.2. The molecule has 1 aliphatic heterocycles. The van der Waals surface area contributed by atoms with Gasteiger partial charge in [0.2, 0.25) is 0 Å². The number of hydrogen-bond acceptors (Lipinski definition) is 2. The molecule has 0 aromatic heterocycles. The fourth-order valence-corrected chi connectivity index (χ4v) is 1.93. The van der Waals surface area contributed by atoms with Crippen molar-refractivity contribution in [1.29, 1.82) is 0 Å². The molecule has 0 aliphatic carbocycles.